The molecule has 0 aliphatic rings. The SMILES string of the molecule is CCC(CC)N(C)C(C)c1ccc(OC)cc1O. The van der Waals surface area contributed by atoms with E-state index in [9.17, 15) is 5.11 Å². The Morgan fingerprint density at radius 1 is 1.28 bits per heavy atom. The average molecular weight is 251 g/mol. The van der Waals surface area contributed by atoms with Crippen molar-refractivity contribution in [1.82, 2.24) is 4.90 Å². The number of phenols is 1. The zero-order chi connectivity index (χ0) is 13.7. The van der Waals surface area contributed by atoms with Gasteiger partial charge in [-0.3, -0.25) is 4.90 Å². The molecule has 0 heterocycles. The molecule has 18 heavy (non-hydrogen) atoms. The first-order valence-corrected chi connectivity index (χ1v) is 6.63. The van der Waals surface area contributed by atoms with Crippen LogP contribution in [-0.4, -0.2) is 30.2 Å². The fraction of sp³-hybridized carbons (Fsp3) is 0.600. The lowest BCUT2D eigenvalue weighted by Crippen LogP contribution is -2.33. The van der Waals surface area contributed by atoms with Crippen LogP contribution in [0.15, 0.2) is 18.2 Å². The predicted octanol–water partition coefficient (Wildman–Crippen LogP) is 3.58. The molecule has 0 spiro atoms. The minimum Gasteiger partial charge on any atom is -0.507 e. The van der Waals surface area contributed by atoms with Gasteiger partial charge in [-0.2, -0.15) is 0 Å². The van der Waals surface area contributed by atoms with Crippen molar-refractivity contribution in [2.75, 3.05) is 14.2 Å². The van der Waals surface area contributed by atoms with Crippen LogP contribution in [0.3, 0.4) is 0 Å². The number of hydrogen-bond donors (Lipinski definition) is 1. The zero-order valence-electron chi connectivity index (χ0n) is 12.1. The van der Waals surface area contributed by atoms with Gasteiger partial charge in [-0.1, -0.05) is 19.9 Å². The molecule has 0 aliphatic carbocycles. The normalized spacial score (nSPS) is 13.1. The highest BCUT2D eigenvalue weighted by molar-refractivity contribution is 5.41. The molecular formula is C15H25NO2. The molecule has 0 radical (unpaired) electrons. The molecule has 1 unspecified atom stereocenters. The van der Waals surface area contributed by atoms with E-state index in [1.54, 1.807) is 13.2 Å². The van der Waals surface area contributed by atoms with Gasteiger partial charge in [0.05, 0.1) is 7.11 Å². The number of methoxy groups -OCH3 is 1. The van der Waals surface area contributed by atoms with Gasteiger partial charge in [0.1, 0.15) is 11.5 Å². The number of nitrogens with zero attached hydrogens (tertiary/aromatic N) is 1. The maximum Gasteiger partial charge on any atom is 0.124 e. The van der Waals surface area contributed by atoms with E-state index in [2.05, 4.69) is 32.7 Å². The Balaban J connectivity index is 2.92. The highest BCUT2D eigenvalue weighted by Gasteiger charge is 2.20. The van der Waals surface area contributed by atoms with Crippen LogP contribution >= 0.6 is 0 Å². The summed E-state index contributed by atoms with van der Waals surface area (Å²) in [7, 11) is 3.72. The molecule has 1 atom stereocenters. The van der Waals surface area contributed by atoms with Crippen molar-refractivity contribution >= 4 is 0 Å². The monoisotopic (exact) mass is 251 g/mol. The second-order valence-corrected chi connectivity index (χ2v) is 4.74. The topological polar surface area (TPSA) is 32.7 Å². The van der Waals surface area contributed by atoms with Gasteiger partial charge < -0.3 is 9.84 Å². The Bertz CT molecular complexity index is 375. The number of phenolic OH excluding ortho intramolecular Hbond substituents is 1. The van der Waals surface area contributed by atoms with Crippen LogP contribution in [0.2, 0.25) is 0 Å². The van der Waals surface area contributed by atoms with Crippen molar-refractivity contribution in [1.29, 1.82) is 0 Å². The summed E-state index contributed by atoms with van der Waals surface area (Å²) in [5.41, 5.74) is 0.949. The van der Waals surface area contributed by atoms with Crippen molar-refractivity contribution < 1.29 is 9.84 Å². The van der Waals surface area contributed by atoms with Gasteiger partial charge in [0, 0.05) is 23.7 Å². The van der Waals surface area contributed by atoms with Crippen molar-refractivity contribution in [3.8, 4) is 11.5 Å². The summed E-state index contributed by atoms with van der Waals surface area (Å²) in [6.45, 7) is 6.52. The quantitative estimate of drug-likeness (QED) is 0.838. The fourth-order valence-corrected chi connectivity index (χ4v) is 2.40. The average Bonchev–Trinajstić information content (AvgIpc) is 2.39. The van der Waals surface area contributed by atoms with Crippen LogP contribution in [0.4, 0.5) is 0 Å². The summed E-state index contributed by atoms with van der Waals surface area (Å²) >= 11 is 0. The molecule has 0 fully saturated rings. The Morgan fingerprint density at radius 3 is 2.33 bits per heavy atom. The molecule has 3 heteroatoms. The van der Waals surface area contributed by atoms with E-state index in [0.29, 0.717) is 17.5 Å². The predicted molar refractivity (Wildman–Crippen MR) is 75.2 cm³/mol. The lowest BCUT2D eigenvalue weighted by molar-refractivity contribution is 0.172. The highest BCUT2D eigenvalue weighted by atomic mass is 16.5. The molecule has 1 N–H and O–H groups in total. The van der Waals surface area contributed by atoms with E-state index in [4.69, 9.17) is 4.74 Å². The molecule has 0 aromatic heterocycles. The minimum absolute atomic E-state index is 0.195. The molecule has 1 aromatic carbocycles. The van der Waals surface area contributed by atoms with E-state index in [-0.39, 0.29) is 6.04 Å². The highest BCUT2D eigenvalue weighted by Crippen LogP contribution is 2.32. The van der Waals surface area contributed by atoms with Gasteiger partial charge in [-0.05, 0) is 32.9 Å². The smallest absolute Gasteiger partial charge is 0.124 e. The summed E-state index contributed by atoms with van der Waals surface area (Å²) in [6, 6.07) is 6.25. The van der Waals surface area contributed by atoms with Gasteiger partial charge in [0.2, 0.25) is 0 Å². The van der Waals surface area contributed by atoms with Gasteiger partial charge in [0.15, 0.2) is 0 Å². The Morgan fingerprint density at radius 2 is 1.89 bits per heavy atom. The molecule has 0 saturated heterocycles. The first kappa shape index (κ1) is 14.8. The molecule has 0 saturated carbocycles. The van der Waals surface area contributed by atoms with Gasteiger partial charge in [-0.25, -0.2) is 0 Å². The summed E-state index contributed by atoms with van der Waals surface area (Å²) in [5, 5.41) is 10.1. The lowest BCUT2D eigenvalue weighted by atomic mass is 10.0. The van der Waals surface area contributed by atoms with E-state index >= 15 is 0 Å². The molecule has 102 valence electrons. The van der Waals surface area contributed by atoms with Crippen LogP contribution < -0.4 is 4.74 Å². The second-order valence-electron chi connectivity index (χ2n) is 4.74. The van der Waals surface area contributed by atoms with Crippen molar-refractivity contribution in [3.05, 3.63) is 23.8 Å². The third-order valence-electron chi connectivity index (χ3n) is 3.82. The summed E-state index contributed by atoms with van der Waals surface area (Å²) in [6.07, 6.45) is 2.24. The standard InChI is InChI=1S/C15H25NO2/c1-6-12(7-2)16(4)11(3)14-9-8-13(18-5)10-15(14)17/h8-12,17H,6-7H2,1-5H3. The maximum atomic E-state index is 10.1. The van der Waals surface area contributed by atoms with Gasteiger partial charge in [0.25, 0.3) is 0 Å². The lowest BCUT2D eigenvalue weighted by Gasteiger charge is -2.32. The Hall–Kier alpha value is -1.22. The van der Waals surface area contributed by atoms with E-state index in [1.165, 1.54) is 0 Å². The summed E-state index contributed by atoms with van der Waals surface area (Å²) < 4.78 is 5.11. The Labute approximate surface area is 110 Å². The number of aromatic hydroxyl groups is 1. The molecule has 1 aromatic rings. The molecule has 0 bridgehead atoms. The Kier molecular flexibility index (Phi) is 5.48. The van der Waals surface area contributed by atoms with Gasteiger partial charge >= 0.3 is 0 Å². The number of benzene rings is 1. The van der Waals surface area contributed by atoms with Crippen LogP contribution in [0.5, 0.6) is 11.5 Å². The van der Waals surface area contributed by atoms with Crippen LogP contribution in [0.1, 0.15) is 45.2 Å². The molecule has 3 nitrogen and oxygen atoms in total. The first-order valence-electron chi connectivity index (χ1n) is 6.63. The number of ether oxygens (including phenoxy) is 1. The van der Waals surface area contributed by atoms with E-state index < -0.39 is 0 Å². The van der Waals surface area contributed by atoms with Gasteiger partial charge in [-0.15, -0.1) is 0 Å². The second kappa shape index (κ2) is 6.64. The third-order valence-corrected chi connectivity index (χ3v) is 3.82. The minimum atomic E-state index is 0.195. The van der Waals surface area contributed by atoms with Crippen LogP contribution in [0.25, 0.3) is 0 Å². The molecule has 0 aliphatic heterocycles. The van der Waals surface area contributed by atoms with E-state index in [1.807, 2.05) is 12.1 Å². The maximum absolute atomic E-state index is 10.1. The third kappa shape index (κ3) is 3.16. The molecule has 0 amide bonds. The fourth-order valence-electron chi connectivity index (χ4n) is 2.40. The van der Waals surface area contributed by atoms with Crippen molar-refractivity contribution in [2.45, 2.75) is 45.7 Å². The zero-order valence-corrected chi connectivity index (χ0v) is 12.1. The largest absolute Gasteiger partial charge is 0.507 e. The first-order chi connectivity index (χ1) is 8.54. The number of rotatable bonds is 6. The number of hydrogen-bond acceptors (Lipinski definition) is 3. The van der Waals surface area contributed by atoms with Crippen molar-refractivity contribution in [3.63, 3.8) is 0 Å². The van der Waals surface area contributed by atoms with Crippen LogP contribution in [0, 0.1) is 0 Å². The molecule has 1 rings (SSSR count). The van der Waals surface area contributed by atoms with Crippen molar-refractivity contribution in [2.24, 2.45) is 0 Å². The van der Waals surface area contributed by atoms with Crippen LogP contribution in [-0.2, 0) is 0 Å². The molecular weight excluding hydrogens is 226 g/mol. The summed E-state index contributed by atoms with van der Waals surface area (Å²) in [5.74, 6) is 0.994. The van der Waals surface area contributed by atoms with E-state index in [0.717, 1.165) is 18.4 Å². The summed E-state index contributed by atoms with van der Waals surface area (Å²) in [4.78, 5) is 2.32.